The fourth-order valence-corrected chi connectivity index (χ4v) is 6.77. The second kappa shape index (κ2) is 15.3. The minimum Gasteiger partial charge on any atom is -0.422 e. The Morgan fingerprint density at radius 3 is 2.04 bits per heavy atom. The van der Waals surface area contributed by atoms with Crippen molar-refractivity contribution >= 4 is 33.7 Å². The molecule has 0 aromatic heterocycles. The van der Waals surface area contributed by atoms with Crippen LogP contribution in [-0.4, -0.2) is 98.3 Å². The summed E-state index contributed by atoms with van der Waals surface area (Å²) in [5, 5.41) is 4.62. The Labute approximate surface area is 275 Å². The first kappa shape index (κ1) is 38.8. The van der Waals surface area contributed by atoms with E-state index in [1.807, 2.05) is 0 Å². The molecule has 0 saturated carbocycles. The first-order valence-electron chi connectivity index (χ1n) is 15.2. The van der Waals surface area contributed by atoms with Crippen molar-refractivity contribution in [2.45, 2.75) is 76.5 Å². The molecule has 1 aromatic carbocycles. The predicted octanol–water partition coefficient (Wildman–Crippen LogP) is 3.20. The zero-order valence-electron chi connectivity index (χ0n) is 27.0. The van der Waals surface area contributed by atoms with Crippen molar-refractivity contribution < 1.29 is 59.0 Å². The second-order valence-corrected chi connectivity index (χ2v) is 13.9. The van der Waals surface area contributed by atoms with Crippen molar-refractivity contribution in [1.82, 2.24) is 19.8 Å². The molecule has 0 bridgehead atoms. The molecule has 2 aliphatic heterocycles. The van der Waals surface area contributed by atoms with E-state index >= 15 is 0 Å². The lowest BCUT2D eigenvalue weighted by molar-refractivity contribution is -0.276. The largest absolute Gasteiger partial charge is 0.461 e. The Kier molecular flexibility index (Phi) is 12.4. The van der Waals surface area contributed by atoms with Gasteiger partial charge >= 0.3 is 18.1 Å². The van der Waals surface area contributed by atoms with Crippen LogP contribution in [0.25, 0.3) is 0 Å². The van der Waals surface area contributed by atoms with E-state index in [4.69, 9.17) is 4.74 Å². The lowest BCUT2D eigenvalue weighted by Gasteiger charge is -2.34. The first-order chi connectivity index (χ1) is 22.2. The number of alkyl halides is 5. The summed E-state index contributed by atoms with van der Waals surface area (Å²) < 4.78 is 106. The highest BCUT2D eigenvalue weighted by Crippen LogP contribution is 2.45. The number of sulfonamides is 1. The molecule has 2 saturated heterocycles. The van der Waals surface area contributed by atoms with E-state index in [0.29, 0.717) is 6.92 Å². The highest BCUT2D eigenvalue weighted by atomic mass is 32.2. The summed E-state index contributed by atoms with van der Waals surface area (Å²) >= 11 is 0. The van der Waals surface area contributed by atoms with Gasteiger partial charge in [-0.25, -0.2) is 8.42 Å². The summed E-state index contributed by atoms with van der Waals surface area (Å²) in [5.74, 6) is -13.4. The number of hydrogen-bond acceptors (Lipinski definition) is 9. The highest BCUT2D eigenvalue weighted by molar-refractivity contribution is 7.89. The zero-order chi connectivity index (χ0) is 36.2. The van der Waals surface area contributed by atoms with Crippen LogP contribution in [0.3, 0.4) is 0 Å². The van der Waals surface area contributed by atoms with Crippen molar-refractivity contribution in [3.63, 3.8) is 0 Å². The maximum absolute atomic E-state index is 14.7. The van der Waals surface area contributed by atoms with Crippen molar-refractivity contribution in [2.75, 3.05) is 32.8 Å². The van der Waals surface area contributed by atoms with Gasteiger partial charge in [0.2, 0.25) is 27.6 Å². The molecule has 18 heteroatoms. The number of nitrogens with zero attached hydrogens (tertiary/aromatic N) is 2. The average Bonchev–Trinajstić information content (AvgIpc) is 3.48. The predicted molar refractivity (Wildman–Crippen MR) is 160 cm³/mol. The number of benzene rings is 1. The van der Waals surface area contributed by atoms with Crippen LogP contribution in [0, 0.1) is 11.8 Å². The minimum absolute atomic E-state index is 0.0120. The first-order valence-corrected chi connectivity index (χ1v) is 16.6. The molecule has 48 heavy (non-hydrogen) atoms. The summed E-state index contributed by atoms with van der Waals surface area (Å²) in [6.07, 6.45) is -5.97. The lowest BCUT2D eigenvalue weighted by atomic mass is 10.0. The Morgan fingerprint density at radius 2 is 1.54 bits per heavy atom. The highest BCUT2D eigenvalue weighted by Gasteiger charge is 2.63. The summed E-state index contributed by atoms with van der Waals surface area (Å²) in [4.78, 5) is 52.2. The molecular formula is C30H39F5N4O8S. The van der Waals surface area contributed by atoms with Crippen LogP contribution in [0.5, 0.6) is 0 Å². The maximum Gasteiger partial charge on any atom is 0.461 e. The van der Waals surface area contributed by atoms with Gasteiger partial charge in [-0.15, -0.1) is 0 Å². The Balaban J connectivity index is 1.81. The topological polar surface area (TPSA) is 151 Å². The third kappa shape index (κ3) is 8.68. The number of hydrogen-bond donors (Lipinski definition) is 2. The van der Waals surface area contributed by atoms with Gasteiger partial charge in [-0.1, -0.05) is 27.7 Å². The van der Waals surface area contributed by atoms with Gasteiger partial charge in [0.05, 0.1) is 23.8 Å². The van der Waals surface area contributed by atoms with Crippen LogP contribution in [0.4, 0.5) is 22.0 Å². The van der Waals surface area contributed by atoms with Gasteiger partial charge in [0.1, 0.15) is 12.1 Å². The van der Waals surface area contributed by atoms with E-state index in [0.717, 1.165) is 4.90 Å². The number of morpholine rings is 1. The lowest BCUT2D eigenvalue weighted by Crippen LogP contribution is -2.54. The van der Waals surface area contributed by atoms with Crippen LogP contribution < -0.4 is 10.6 Å². The van der Waals surface area contributed by atoms with Gasteiger partial charge < -0.3 is 19.7 Å². The zero-order valence-corrected chi connectivity index (χ0v) is 27.8. The Morgan fingerprint density at radius 1 is 0.958 bits per heavy atom. The molecule has 2 fully saturated rings. The fraction of sp³-hybridized carbons (Fsp3) is 0.600. The number of amides is 3. The Bertz CT molecular complexity index is 1510. The van der Waals surface area contributed by atoms with E-state index in [2.05, 4.69) is 15.4 Å². The Hall–Kier alpha value is -3.64. The molecule has 0 unspecified atom stereocenters. The summed E-state index contributed by atoms with van der Waals surface area (Å²) in [6, 6.07) is 2.32. The van der Waals surface area contributed by atoms with Crippen LogP contribution in [0.2, 0.25) is 0 Å². The summed E-state index contributed by atoms with van der Waals surface area (Å²) in [6.45, 7) is 7.08. The summed E-state index contributed by atoms with van der Waals surface area (Å²) in [7, 11) is -3.83. The molecular weight excluding hydrogens is 671 g/mol. The van der Waals surface area contributed by atoms with Crippen LogP contribution in [0.1, 0.15) is 57.8 Å². The van der Waals surface area contributed by atoms with Crippen molar-refractivity contribution in [3.8, 4) is 0 Å². The van der Waals surface area contributed by atoms with Gasteiger partial charge in [-0.05, 0) is 48.9 Å². The quantitative estimate of drug-likeness (QED) is 0.201. The number of carbonyl (C=O) groups is 4. The van der Waals surface area contributed by atoms with E-state index in [9.17, 15) is 49.5 Å². The van der Waals surface area contributed by atoms with Crippen LogP contribution in [0.15, 0.2) is 40.6 Å². The number of carbonyl (C=O) groups excluding carboxylic acids is 4. The van der Waals surface area contributed by atoms with Crippen LogP contribution >= 0.6 is 0 Å². The monoisotopic (exact) mass is 710 g/mol. The second-order valence-electron chi connectivity index (χ2n) is 12.0. The normalized spacial score (nSPS) is 19.2. The summed E-state index contributed by atoms with van der Waals surface area (Å²) in [5.41, 5.74) is -0.705. The van der Waals surface area contributed by atoms with Crippen LogP contribution in [-0.2, 0) is 33.9 Å². The third-order valence-corrected chi connectivity index (χ3v) is 9.65. The minimum atomic E-state index is -6.12. The van der Waals surface area contributed by atoms with E-state index in [-0.39, 0.29) is 56.1 Å². The molecule has 0 spiro atoms. The van der Waals surface area contributed by atoms with E-state index in [1.165, 1.54) is 42.4 Å². The van der Waals surface area contributed by atoms with E-state index in [1.54, 1.807) is 13.8 Å². The number of esters is 1. The molecule has 2 atom stereocenters. The molecule has 2 aliphatic rings. The van der Waals surface area contributed by atoms with Crippen molar-refractivity contribution in [2.24, 2.45) is 11.8 Å². The number of likely N-dealkylation sites (tertiary alicyclic amines) is 1. The molecule has 0 radical (unpaired) electrons. The molecule has 0 aliphatic carbocycles. The van der Waals surface area contributed by atoms with Crippen molar-refractivity contribution in [3.05, 3.63) is 41.3 Å². The van der Waals surface area contributed by atoms with E-state index < -0.39 is 81.2 Å². The molecule has 2 heterocycles. The maximum atomic E-state index is 14.7. The number of halogens is 5. The van der Waals surface area contributed by atoms with Gasteiger partial charge in [0.25, 0.3) is 5.91 Å². The SMILES string of the molecule is CC(=O)O/C(=C(\C(C)C)N1CCC[C@H]1C(=O)NC(=O)[C@@H](NC(=O)c1ccc(S(=O)(=O)N2CCOCC2)cc1)C(C)C)C(F)(F)C(F)(F)F. The van der Waals surface area contributed by atoms with Gasteiger partial charge in [0.15, 0.2) is 0 Å². The van der Waals surface area contributed by atoms with Gasteiger partial charge in [0, 0.05) is 32.1 Å². The number of rotatable bonds is 11. The molecule has 1 aromatic rings. The number of nitrogens with one attached hydrogen (secondary N) is 2. The third-order valence-electron chi connectivity index (χ3n) is 7.74. The molecule has 3 rings (SSSR count). The van der Waals surface area contributed by atoms with Gasteiger partial charge in [-0.2, -0.15) is 26.3 Å². The smallest absolute Gasteiger partial charge is 0.422 e. The van der Waals surface area contributed by atoms with Gasteiger partial charge in [-0.3, -0.25) is 24.5 Å². The molecule has 2 N–H and O–H groups in total. The van der Waals surface area contributed by atoms with Crippen molar-refractivity contribution in [1.29, 1.82) is 0 Å². The fourth-order valence-electron chi connectivity index (χ4n) is 5.36. The molecule has 12 nitrogen and oxygen atoms in total. The number of allylic oxidation sites excluding steroid dienone is 2. The number of imide groups is 1. The standard InChI is InChI=1S/C30H39F5N4O8S/c1-17(2)23(36-26(41)20-8-10-21(11-9-20)48(44,45)38-13-15-46-16-14-38)28(43)37-27(42)22-7-6-12-39(22)24(18(3)4)25(47-19(5)40)29(31,32)30(33,34)35/h8-11,17-18,22-23H,6-7,12-16H2,1-5H3,(H,36,41)(H,37,42,43)/b25-24+/t22-,23-/m0/s1. The molecule has 268 valence electrons. The average molecular weight is 711 g/mol. The molecule has 3 amide bonds. The number of ether oxygens (including phenoxy) is 2.